The van der Waals surface area contributed by atoms with Crippen molar-refractivity contribution in [3.05, 3.63) is 32.7 Å². The van der Waals surface area contributed by atoms with Crippen molar-refractivity contribution in [1.29, 1.82) is 0 Å². The zero-order valence-corrected chi connectivity index (χ0v) is 12.1. The van der Waals surface area contributed by atoms with Crippen LogP contribution in [0.15, 0.2) is 22.1 Å². The summed E-state index contributed by atoms with van der Waals surface area (Å²) < 4.78 is 8.25. The summed E-state index contributed by atoms with van der Waals surface area (Å²) in [4.78, 5) is 1.09. The van der Waals surface area contributed by atoms with Gasteiger partial charge >= 0.3 is 0 Å². The fraction of sp³-hybridized carbons (Fsp3) is 0.364. The Labute approximate surface area is 113 Å². The number of nitrogens with zero attached hydrogens (tertiary/aromatic N) is 2. The molecule has 0 saturated carbocycles. The van der Waals surface area contributed by atoms with Gasteiger partial charge in [-0.3, -0.25) is 4.68 Å². The molecule has 17 heavy (non-hydrogen) atoms. The van der Waals surface area contributed by atoms with Crippen LogP contribution in [0.25, 0.3) is 0 Å². The third-order valence-corrected chi connectivity index (χ3v) is 4.27. The second-order valence-electron chi connectivity index (χ2n) is 3.53. The first-order chi connectivity index (χ1) is 8.17. The molecule has 6 heteroatoms. The number of aromatic nitrogens is 2. The van der Waals surface area contributed by atoms with E-state index in [9.17, 15) is 0 Å². The summed E-state index contributed by atoms with van der Waals surface area (Å²) in [6, 6.07) is 3.81. The molecule has 1 unspecified atom stereocenters. The van der Waals surface area contributed by atoms with Crippen molar-refractivity contribution in [2.24, 2.45) is 5.73 Å². The first-order valence-electron chi connectivity index (χ1n) is 5.27. The Kier molecular flexibility index (Phi) is 3.86. The minimum absolute atomic E-state index is 0.205. The van der Waals surface area contributed by atoms with E-state index < -0.39 is 0 Å². The van der Waals surface area contributed by atoms with Gasteiger partial charge in [-0.25, -0.2) is 0 Å². The molecule has 0 bridgehead atoms. The summed E-state index contributed by atoms with van der Waals surface area (Å²) in [7, 11) is 1.64. The Bertz CT molecular complexity index is 487. The van der Waals surface area contributed by atoms with E-state index in [-0.39, 0.29) is 6.04 Å². The maximum absolute atomic E-state index is 6.28. The lowest BCUT2D eigenvalue weighted by atomic mass is 10.1. The molecule has 0 aromatic carbocycles. The number of thiophene rings is 1. The molecule has 4 nitrogen and oxygen atoms in total. The zero-order chi connectivity index (χ0) is 12.4. The maximum Gasteiger partial charge on any atom is 0.161 e. The van der Waals surface area contributed by atoms with Gasteiger partial charge in [0.25, 0.3) is 0 Å². The summed E-state index contributed by atoms with van der Waals surface area (Å²) >= 11 is 5.07. The molecule has 0 spiro atoms. The fourth-order valence-electron chi connectivity index (χ4n) is 1.73. The number of hydrogen-bond donors (Lipinski definition) is 1. The van der Waals surface area contributed by atoms with E-state index in [2.05, 4.69) is 21.0 Å². The highest BCUT2D eigenvalue weighted by Gasteiger charge is 2.20. The third-order valence-electron chi connectivity index (χ3n) is 2.56. The van der Waals surface area contributed by atoms with Gasteiger partial charge in [-0.2, -0.15) is 5.10 Å². The Morgan fingerprint density at radius 2 is 2.35 bits per heavy atom. The molecular weight excluding hydrogens is 302 g/mol. The van der Waals surface area contributed by atoms with E-state index in [1.165, 1.54) is 0 Å². The lowest BCUT2D eigenvalue weighted by Gasteiger charge is -2.13. The molecule has 2 heterocycles. The predicted octanol–water partition coefficient (Wildman–Crippen LogP) is 2.78. The lowest BCUT2D eigenvalue weighted by molar-refractivity contribution is 0.405. The number of ether oxygens (including phenoxy) is 1. The zero-order valence-electron chi connectivity index (χ0n) is 9.68. The summed E-state index contributed by atoms with van der Waals surface area (Å²) in [5.74, 6) is 0.740. The Morgan fingerprint density at radius 3 is 2.88 bits per heavy atom. The normalized spacial score (nSPS) is 12.7. The molecule has 92 valence electrons. The van der Waals surface area contributed by atoms with E-state index in [0.717, 1.165) is 26.7 Å². The number of hydrogen-bond acceptors (Lipinski definition) is 4. The molecule has 1 atom stereocenters. The minimum Gasteiger partial charge on any atom is -0.493 e. The molecule has 0 amide bonds. The Balaban J connectivity index is 2.41. The average Bonchev–Trinajstić information content (AvgIpc) is 2.93. The van der Waals surface area contributed by atoms with Gasteiger partial charge in [-0.15, -0.1) is 11.3 Å². The van der Waals surface area contributed by atoms with Crippen LogP contribution in [-0.2, 0) is 6.54 Å². The molecule has 2 aromatic heterocycles. The maximum atomic E-state index is 6.28. The van der Waals surface area contributed by atoms with Gasteiger partial charge in [0, 0.05) is 11.4 Å². The second kappa shape index (κ2) is 5.20. The minimum atomic E-state index is -0.205. The Hall–Kier alpha value is -0.850. The summed E-state index contributed by atoms with van der Waals surface area (Å²) in [5.41, 5.74) is 7.20. The number of halogens is 1. The topological polar surface area (TPSA) is 53.1 Å². The third kappa shape index (κ3) is 2.38. The average molecular weight is 316 g/mol. The van der Waals surface area contributed by atoms with E-state index in [0.29, 0.717) is 0 Å². The lowest BCUT2D eigenvalue weighted by Crippen LogP contribution is -2.16. The van der Waals surface area contributed by atoms with Crippen LogP contribution < -0.4 is 10.5 Å². The van der Waals surface area contributed by atoms with Crippen molar-refractivity contribution in [2.45, 2.75) is 19.5 Å². The molecular formula is C11H14BrN3OS. The van der Waals surface area contributed by atoms with E-state index in [4.69, 9.17) is 10.5 Å². The van der Waals surface area contributed by atoms with Crippen LogP contribution in [0.4, 0.5) is 0 Å². The first-order valence-corrected chi connectivity index (χ1v) is 6.88. The van der Waals surface area contributed by atoms with Gasteiger partial charge in [0.2, 0.25) is 0 Å². The van der Waals surface area contributed by atoms with Crippen molar-refractivity contribution in [3.63, 3.8) is 0 Å². The SMILES string of the molecule is CCn1ncc(OC)c1C(N)c1ccc(Br)s1. The van der Waals surface area contributed by atoms with Gasteiger partial charge in [-0.05, 0) is 35.0 Å². The number of methoxy groups -OCH3 is 1. The standard InChI is InChI=1S/C11H14BrN3OS/c1-3-15-11(7(16-2)6-14-15)10(13)8-4-5-9(12)17-8/h4-6,10H,3,13H2,1-2H3. The van der Waals surface area contributed by atoms with Gasteiger partial charge in [0.05, 0.1) is 23.1 Å². The van der Waals surface area contributed by atoms with Crippen LogP contribution in [0.2, 0.25) is 0 Å². The van der Waals surface area contributed by atoms with Crippen LogP contribution in [-0.4, -0.2) is 16.9 Å². The van der Waals surface area contributed by atoms with Crippen molar-refractivity contribution in [2.75, 3.05) is 7.11 Å². The highest BCUT2D eigenvalue weighted by Crippen LogP contribution is 2.33. The van der Waals surface area contributed by atoms with Gasteiger partial charge in [-0.1, -0.05) is 0 Å². The molecule has 2 rings (SSSR count). The number of nitrogens with two attached hydrogens (primary N) is 1. The molecule has 0 saturated heterocycles. The highest BCUT2D eigenvalue weighted by atomic mass is 79.9. The molecule has 0 aliphatic rings. The predicted molar refractivity (Wildman–Crippen MR) is 72.5 cm³/mol. The van der Waals surface area contributed by atoms with Crippen molar-refractivity contribution in [1.82, 2.24) is 9.78 Å². The molecule has 0 aliphatic carbocycles. The largest absolute Gasteiger partial charge is 0.493 e. The van der Waals surface area contributed by atoms with Gasteiger partial charge < -0.3 is 10.5 Å². The first kappa shape index (κ1) is 12.6. The van der Waals surface area contributed by atoms with Crippen LogP contribution >= 0.6 is 27.3 Å². The van der Waals surface area contributed by atoms with E-state index >= 15 is 0 Å². The molecule has 0 radical (unpaired) electrons. The molecule has 0 aliphatic heterocycles. The molecule has 0 fully saturated rings. The number of aryl methyl sites for hydroxylation is 1. The van der Waals surface area contributed by atoms with E-state index in [1.54, 1.807) is 24.6 Å². The smallest absolute Gasteiger partial charge is 0.161 e. The summed E-state index contributed by atoms with van der Waals surface area (Å²) in [6.45, 7) is 2.81. The summed E-state index contributed by atoms with van der Waals surface area (Å²) in [5, 5.41) is 4.26. The van der Waals surface area contributed by atoms with Crippen molar-refractivity contribution in [3.8, 4) is 5.75 Å². The second-order valence-corrected chi connectivity index (χ2v) is 6.03. The van der Waals surface area contributed by atoms with Crippen molar-refractivity contribution < 1.29 is 4.74 Å². The monoisotopic (exact) mass is 315 g/mol. The van der Waals surface area contributed by atoms with Crippen molar-refractivity contribution >= 4 is 27.3 Å². The Morgan fingerprint density at radius 1 is 1.59 bits per heavy atom. The quantitative estimate of drug-likeness (QED) is 0.944. The number of rotatable bonds is 4. The summed E-state index contributed by atoms with van der Waals surface area (Å²) in [6.07, 6.45) is 1.71. The van der Waals surface area contributed by atoms with Crippen LogP contribution in [0.3, 0.4) is 0 Å². The molecule has 2 N–H and O–H groups in total. The fourth-order valence-corrected chi connectivity index (χ4v) is 3.16. The highest BCUT2D eigenvalue weighted by molar-refractivity contribution is 9.11. The van der Waals surface area contributed by atoms with Crippen LogP contribution in [0, 0.1) is 0 Å². The van der Waals surface area contributed by atoms with Gasteiger partial charge in [0.15, 0.2) is 5.75 Å². The van der Waals surface area contributed by atoms with Crippen LogP contribution in [0.5, 0.6) is 5.75 Å². The molecule has 2 aromatic rings. The van der Waals surface area contributed by atoms with Crippen LogP contribution in [0.1, 0.15) is 23.5 Å². The van der Waals surface area contributed by atoms with E-state index in [1.807, 2.05) is 23.7 Å². The van der Waals surface area contributed by atoms with Gasteiger partial charge in [0.1, 0.15) is 5.69 Å².